The quantitative estimate of drug-likeness (QED) is 0.799. The molecular formula is C19H21Cl2FN4O2. The molecule has 1 aliphatic rings. The lowest BCUT2D eigenvalue weighted by Crippen LogP contribution is -2.49. The first kappa shape index (κ1) is 20.5. The van der Waals surface area contributed by atoms with Crippen LogP contribution >= 0.6 is 23.2 Å². The molecule has 6 nitrogen and oxygen atoms in total. The number of nitrogens with one attached hydrogen (secondary N) is 1. The van der Waals surface area contributed by atoms with E-state index in [1.54, 1.807) is 24.1 Å². The SMILES string of the molecule is Cn1c(C(=O)NCCC(=O)N2CCN(c3ccc(F)cc3)CC2)cc(Cl)c1Cl. The van der Waals surface area contributed by atoms with Gasteiger partial charge in [0.1, 0.15) is 16.7 Å². The second kappa shape index (κ2) is 8.84. The fourth-order valence-electron chi connectivity index (χ4n) is 3.16. The van der Waals surface area contributed by atoms with Gasteiger partial charge in [-0.15, -0.1) is 0 Å². The molecule has 0 spiro atoms. The normalized spacial score (nSPS) is 14.3. The van der Waals surface area contributed by atoms with Crippen molar-refractivity contribution in [3.8, 4) is 0 Å². The Bertz CT molecular complexity index is 862. The molecule has 2 heterocycles. The van der Waals surface area contributed by atoms with E-state index in [9.17, 15) is 14.0 Å². The Labute approximate surface area is 172 Å². The number of nitrogens with zero attached hydrogens (tertiary/aromatic N) is 3. The lowest BCUT2D eigenvalue weighted by atomic mass is 10.2. The zero-order valence-corrected chi connectivity index (χ0v) is 16.9. The smallest absolute Gasteiger partial charge is 0.268 e. The van der Waals surface area contributed by atoms with Crippen molar-refractivity contribution in [1.29, 1.82) is 0 Å². The summed E-state index contributed by atoms with van der Waals surface area (Å²) in [7, 11) is 1.65. The summed E-state index contributed by atoms with van der Waals surface area (Å²) >= 11 is 11.9. The molecule has 9 heteroatoms. The number of hydrogen-bond acceptors (Lipinski definition) is 3. The van der Waals surface area contributed by atoms with E-state index in [4.69, 9.17) is 23.2 Å². The summed E-state index contributed by atoms with van der Waals surface area (Å²) in [6.45, 7) is 2.78. The summed E-state index contributed by atoms with van der Waals surface area (Å²) < 4.78 is 14.5. The predicted octanol–water partition coefficient (Wildman–Crippen LogP) is 2.94. The van der Waals surface area contributed by atoms with Crippen LogP contribution in [0.2, 0.25) is 10.2 Å². The van der Waals surface area contributed by atoms with E-state index < -0.39 is 0 Å². The topological polar surface area (TPSA) is 57.6 Å². The molecule has 3 rings (SSSR count). The first-order chi connectivity index (χ1) is 13.4. The first-order valence-electron chi connectivity index (χ1n) is 8.94. The van der Waals surface area contributed by atoms with Crippen molar-refractivity contribution in [2.75, 3.05) is 37.6 Å². The van der Waals surface area contributed by atoms with Crippen molar-refractivity contribution in [1.82, 2.24) is 14.8 Å². The van der Waals surface area contributed by atoms with Gasteiger partial charge < -0.3 is 19.7 Å². The first-order valence-corrected chi connectivity index (χ1v) is 9.69. The maximum absolute atomic E-state index is 13.0. The minimum Gasteiger partial charge on any atom is -0.368 e. The number of carbonyl (C=O) groups excluding carboxylic acids is 2. The molecular weight excluding hydrogens is 406 g/mol. The van der Waals surface area contributed by atoms with Crippen LogP contribution in [0.15, 0.2) is 30.3 Å². The van der Waals surface area contributed by atoms with Crippen LogP contribution in [0.25, 0.3) is 0 Å². The number of piperazine rings is 1. The van der Waals surface area contributed by atoms with Crippen LogP contribution in [0.1, 0.15) is 16.9 Å². The summed E-state index contributed by atoms with van der Waals surface area (Å²) in [5.41, 5.74) is 1.29. The van der Waals surface area contributed by atoms with Gasteiger partial charge in [0.25, 0.3) is 5.91 Å². The van der Waals surface area contributed by atoms with Crippen molar-refractivity contribution in [2.45, 2.75) is 6.42 Å². The summed E-state index contributed by atoms with van der Waals surface area (Å²) in [6, 6.07) is 7.84. The number of amides is 2. The fraction of sp³-hybridized carbons (Fsp3) is 0.368. The van der Waals surface area contributed by atoms with Gasteiger partial charge >= 0.3 is 0 Å². The van der Waals surface area contributed by atoms with Crippen molar-refractivity contribution in [3.05, 3.63) is 52.0 Å². The van der Waals surface area contributed by atoms with Crippen molar-refractivity contribution in [2.24, 2.45) is 7.05 Å². The third-order valence-electron chi connectivity index (χ3n) is 4.80. The zero-order valence-electron chi connectivity index (χ0n) is 15.4. The van der Waals surface area contributed by atoms with Crippen LogP contribution in [0.5, 0.6) is 0 Å². The standard InChI is InChI=1S/C19H21Cl2FN4O2/c1-24-16(12-15(20)18(24)21)19(28)23-7-6-17(27)26-10-8-25(9-11-26)14-4-2-13(22)3-5-14/h2-5,12H,6-11H2,1H3,(H,23,28). The summed E-state index contributed by atoms with van der Waals surface area (Å²) in [5, 5.41) is 3.32. The molecule has 150 valence electrons. The highest BCUT2D eigenvalue weighted by atomic mass is 35.5. The molecule has 1 saturated heterocycles. The minimum atomic E-state index is -0.328. The van der Waals surface area contributed by atoms with Crippen LogP contribution in [0.4, 0.5) is 10.1 Å². The molecule has 2 amide bonds. The predicted molar refractivity (Wildman–Crippen MR) is 108 cm³/mol. The van der Waals surface area contributed by atoms with Crippen LogP contribution in [-0.4, -0.2) is 54.0 Å². The highest BCUT2D eigenvalue weighted by Gasteiger charge is 2.21. The fourth-order valence-corrected chi connectivity index (χ4v) is 3.53. The molecule has 0 atom stereocenters. The van der Waals surface area contributed by atoms with E-state index in [0.717, 1.165) is 5.69 Å². The maximum atomic E-state index is 13.0. The lowest BCUT2D eigenvalue weighted by molar-refractivity contribution is -0.131. The van der Waals surface area contributed by atoms with Gasteiger partial charge in [0.2, 0.25) is 5.91 Å². The van der Waals surface area contributed by atoms with Crippen molar-refractivity contribution in [3.63, 3.8) is 0 Å². The number of benzene rings is 1. The average molecular weight is 427 g/mol. The maximum Gasteiger partial charge on any atom is 0.268 e. The zero-order chi connectivity index (χ0) is 20.3. The number of rotatable bonds is 5. The average Bonchev–Trinajstić information content (AvgIpc) is 2.96. The molecule has 1 aromatic carbocycles. The Morgan fingerprint density at radius 3 is 2.32 bits per heavy atom. The molecule has 1 N–H and O–H groups in total. The van der Waals surface area contributed by atoms with Gasteiger partial charge in [-0.1, -0.05) is 23.2 Å². The van der Waals surface area contributed by atoms with Gasteiger partial charge in [-0.2, -0.15) is 0 Å². The molecule has 0 saturated carbocycles. The van der Waals surface area contributed by atoms with Crippen molar-refractivity contribution >= 4 is 40.7 Å². The van der Waals surface area contributed by atoms with Gasteiger partial charge in [-0.3, -0.25) is 9.59 Å². The Morgan fingerprint density at radius 1 is 1.11 bits per heavy atom. The number of aromatic nitrogens is 1. The molecule has 1 fully saturated rings. The third-order valence-corrected chi connectivity index (χ3v) is 5.64. The molecule has 2 aromatic rings. The Hall–Kier alpha value is -2.25. The van der Waals surface area contributed by atoms with Gasteiger partial charge in [0.15, 0.2) is 0 Å². The van der Waals surface area contributed by atoms with Gasteiger partial charge in [0.05, 0.1) is 5.02 Å². The minimum absolute atomic E-state index is 0.0120. The van der Waals surface area contributed by atoms with Gasteiger partial charge in [-0.05, 0) is 30.3 Å². The molecule has 0 aliphatic carbocycles. The summed E-state index contributed by atoms with van der Waals surface area (Å²) in [6.07, 6.45) is 0.216. The lowest BCUT2D eigenvalue weighted by Gasteiger charge is -2.36. The second-order valence-corrected chi connectivity index (χ2v) is 7.34. The van der Waals surface area contributed by atoms with E-state index in [1.807, 2.05) is 0 Å². The van der Waals surface area contributed by atoms with E-state index in [-0.39, 0.29) is 30.6 Å². The largest absolute Gasteiger partial charge is 0.368 e. The summed E-state index contributed by atoms with van der Waals surface area (Å²) in [5.74, 6) is -0.605. The van der Waals surface area contributed by atoms with E-state index in [1.165, 1.54) is 22.8 Å². The van der Waals surface area contributed by atoms with Crippen LogP contribution < -0.4 is 10.2 Å². The second-order valence-electron chi connectivity index (χ2n) is 6.58. The Morgan fingerprint density at radius 2 is 1.75 bits per heavy atom. The molecule has 0 unspecified atom stereocenters. The molecule has 0 radical (unpaired) electrons. The van der Waals surface area contributed by atoms with Gasteiger partial charge in [0, 0.05) is 51.9 Å². The van der Waals surface area contributed by atoms with Crippen LogP contribution in [0, 0.1) is 5.82 Å². The number of halogens is 3. The molecule has 0 bridgehead atoms. The number of hydrogen-bond donors (Lipinski definition) is 1. The van der Waals surface area contributed by atoms with E-state index >= 15 is 0 Å². The molecule has 28 heavy (non-hydrogen) atoms. The number of anilines is 1. The molecule has 1 aliphatic heterocycles. The monoisotopic (exact) mass is 426 g/mol. The van der Waals surface area contributed by atoms with E-state index in [0.29, 0.717) is 42.0 Å². The summed E-state index contributed by atoms with van der Waals surface area (Å²) in [4.78, 5) is 28.5. The van der Waals surface area contributed by atoms with Gasteiger partial charge in [-0.25, -0.2) is 4.39 Å². The highest BCUT2D eigenvalue weighted by Crippen LogP contribution is 2.25. The Kier molecular flexibility index (Phi) is 6.46. The van der Waals surface area contributed by atoms with Crippen LogP contribution in [-0.2, 0) is 11.8 Å². The Balaban J connectivity index is 1.44. The van der Waals surface area contributed by atoms with Crippen molar-refractivity contribution < 1.29 is 14.0 Å². The highest BCUT2D eigenvalue weighted by molar-refractivity contribution is 6.41. The number of carbonyl (C=O) groups is 2. The van der Waals surface area contributed by atoms with Crippen LogP contribution in [0.3, 0.4) is 0 Å². The third kappa shape index (κ3) is 4.59. The van der Waals surface area contributed by atoms with E-state index in [2.05, 4.69) is 10.2 Å². The molecule has 1 aromatic heterocycles.